The van der Waals surface area contributed by atoms with E-state index in [1.165, 1.54) is 0 Å². The number of nitrogens with one attached hydrogen (secondary N) is 1. The molecule has 6 nitrogen and oxygen atoms in total. The highest BCUT2D eigenvalue weighted by atomic mass is 19.4. The van der Waals surface area contributed by atoms with E-state index in [9.17, 15) is 18.0 Å². The number of aromatic nitrogens is 2. The molecule has 1 fully saturated rings. The Hall–Kier alpha value is -3.20. The normalized spacial score (nSPS) is 16.6. The number of benzene rings is 1. The Morgan fingerprint density at radius 2 is 2.07 bits per heavy atom. The molecule has 0 unspecified atom stereocenters. The van der Waals surface area contributed by atoms with Gasteiger partial charge in [0, 0.05) is 30.8 Å². The molecule has 0 saturated carbocycles. The molecule has 9 heteroatoms. The zero-order valence-corrected chi connectivity index (χ0v) is 15.8. The topological polar surface area (TPSA) is 73.3 Å². The molecule has 30 heavy (non-hydrogen) atoms. The highest BCUT2D eigenvalue weighted by Gasteiger charge is 2.30. The number of amides is 1. The maximum absolute atomic E-state index is 12.6. The van der Waals surface area contributed by atoms with Gasteiger partial charge in [-0.15, -0.1) is 0 Å². The zero-order chi connectivity index (χ0) is 21.1. The van der Waals surface area contributed by atoms with E-state index in [4.69, 9.17) is 9.47 Å². The molecule has 0 bridgehead atoms. The maximum Gasteiger partial charge on any atom is 0.417 e. The molecular weight excluding hydrogens is 399 g/mol. The number of halogens is 3. The monoisotopic (exact) mass is 417 g/mol. The summed E-state index contributed by atoms with van der Waals surface area (Å²) in [6.45, 7) is 1.17. The standard InChI is InChI=1S/C21H18F3N3O3/c22-21(23,24)14-4-8-19(25-11-14)30-15-5-7-17-13(10-15)3-6-18(27-17)20(28)26-12-16-2-1-9-29-16/h3-8,10-11,16H,1-2,9,12H2,(H,26,28)/t16-/m0/s1. The number of hydrogen-bond acceptors (Lipinski definition) is 5. The Balaban J connectivity index is 1.44. The van der Waals surface area contributed by atoms with Crippen molar-refractivity contribution in [3.8, 4) is 11.6 Å². The fraction of sp³-hybridized carbons (Fsp3) is 0.286. The number of ether oxygens (including phenoxy) is 2. The summed E-state index contributed by atoms with van der Waals surface area (Å²) >= 11 is 0. The summed E-state index contributed by atoms with van der Waals surface area (Å²) in [7, 11) is 0. The molecule has 156 valence electrons. The summed E-state index contributed by atoms with van der Waals surface area (Å²) in [5.74, 6) is 0.161. The molecule has 1 amide bonds. The van der Waals surface area contributed by atoms with Crippen molar-refractivity contribution in [1.29, 1.82) is 0 Å². The van der Waals surface area contributed by atoms with Gasteiger partial charge in [0.15, 0.2) is 0 Å². The van der Waals surface area contributed by atoms with Crippen molar-refractivity contribution >= 4 is 16.8 Å². The van der Waals surface area contributed by atoms with Gasteiger partial charge in [-0.25, -0.2) is 9.97 Å². The second kappa shape index (κ2) is 8.27. The summed E-state index contributed by atoms with van der Waals surface area (Å²) in [5.41, 5.74) is 0.0360. The minimum absolute atomic E-state index is 0.0421. The van der Waals surface area contributed by atoms with Crippen LogP contribution in [-0.2, 0) is 10.9 Å². The molecule has 4 rings (SSSR count). The third-order valence-electron chi connectivity index (χ3n) is 4.69. The van der Waals surface area contributed by atoms with Gasteiger partial charge in [0.1, 0.15) is 11.4 Å². The van der Waals surface area contributed by atoms with E-state index in [2.05, 4.69) is 15.3 Å². The van der Waals surface area contributed by atoms with Crippen LogP contribution in [0.15, 0.2) is 48.7 Å². The highest BCUT2D eigenvalue weighted by molar-refractivity contribution is 5.95. The summed E-state index contributed by atoms with van der Waals surface area (Å²) in [5, 5.41) is 3.54. The number of alkyl halides is 3. The largest absolute Gasteiger partial charge is 0.439 e. The minimum Gasteiger partial charge on any atom is -0.439 e. The first-order valence-electron chi connectivity index (χ1n) is 9.40. The molecule has 0 aliphatic carbocycles. The molecule has 2 aromatic heterocycles. The van der Waals surface area contributed by atoms with E-state index in [1.807, 2.05) is 0 Å². The van der Waals surface area contributed by atoms with Crippen LogP contribution in [0.25, 0.3) is 10.9 Å². The van der Waals surface area contributed by atoms with Crippen LogP contribution in [0.3, 0.4) is 0 Å². The summed E-state index contributed by atoms with van der Waals surface area (Å²) in [6.07, 6.45) is -1.75. The predicted octanol–water partition coefficient (Wildman–Crippen LogP) is 4.35. The Labute approximate surface area is 170 Å². The average molecular weight is 417 g/mol. The van der Waals surface area contributed by atoms with Crippen LogP contribution in [-0.4, -0.2) is 35.1 Å². The van der Waals surface area contributed by atoms with Crippen molar-refractivity contribution in [3.63, 3.8) is 0 Å². The van der Waals surface area contributed by atoms with Gasteiger partial charge in [-0.2, -0.15) is 13.2 Å². The lowest BCUT2D eigenvalue weighted by Crippen LogP contribution is -2.32. The second-order valence-electron chi connectivity index (χ2n) is 6.88. The second-order valence-corrected chi connectivity index (χ2v) is 6.88. The first-order chi connectivity index (χ1) is 14.4. The number of nitrogens with zero attached hydrogens (tertiary/aromatic N) is 2. The van der Waals surface area contributed by atoms with Crippen molar-refractivity contribution < 1.29 is 27.4 Å². The number of fused-ring (bicyclic) bond motifs is 1. The van der Waals surface area contributed by atoms with Gasteiger partial charge in [0.05, 0.1) is 17.2 Å². The van der Waals surface area contributed by atoms with Crippen molar-refractivity contribution in [2.75, 3.05) is 13.2 Å². The Morgan fingerprint density at radius 3 is 2.77 bits per heavy atom. The molecule has 1 N–H and O–H groups in total. The molecule has 1 aliphatic heterocycles. The van der Waals surface area contributed by atoms with Crippen LogP contribution >= 0.6 is 0 Å². The van der Waals surface area contributed by atoms with Gasteiger partial charge in [-0.05, 0) is 43.2 Å². The average Bonchev–Trinajstić information content (AvgIpc) is 3.25. The summed E-state index contributed by atoms with van der Waals surface area (Å²) in [6, 6.07) is 10.4. The van der Waals surface area contributed by atoms with Crippen molar-refractivity contribution in [1.82, 2.24) is 15.3 Å². The quantitative estimate of drug-likeness (QED) is 0.668. The molecule has 1 aliphatic rings. The van der Waals surface area contributed by atoms with Gasteiger partial charge in [-0.1, -0.05) is 6.07 Å². The highest BCUT2D eigenvalue weighted by Crippen LogP contribution is 2.30. The van der Waals surface area contributed by atoms with Gasteiger partial charge >= 0.3 is 6.18 Å². The molecular formula is C21H18F3N3O3. The van der Waals surface area contributed by atoms with Crippen LogP contribution in [0, 0.1) is 0 Å². The van der Waals surface area contributed by atoms with Gasteiger partial charge < -0.3 is 14.8 Å². The Morgan fingerprint density at radius 1 is 1.20 bits per heavy atom. The van der Waals surface area contributed by atoms with Crippen LogP contribution in [0.2, 0.25) is 0 Å². The van der Waals surface area contributed by atoms with Crippen molar-refractivity contribution in [2.45, 2.75) is 25.1 Å². The van der Waals surface area contributed by atoms with Crippen LogP contribution in [0.1, 0.15) is 28.9 Å². The molecule has 1 atom stereocenters. The predicted molar refractivity (Wildman–Crippen MR) is 102 cm³/mol. The maximum atomic E-state index is 12.6. The summed E-state index contributed by atoms with van der Waals surface area (Å²) < 4.78 is 48.9. The molecule has 1 saturated heterocycles. The molecule has 3 aromatic rings. The van der Waals surface area contributed by atoms with E-state index in [0.29, 0.717) is 23.5 Å². The fourth-order valence-corrected chi connectivity index (χ4v) is 3.13. The number of hydrogen-bond donors (Lipinski definition) is 1. The van der Waals surface area contributed by atoms with E-state index in [0.717, 1.165) is 43.2 Å². The number of rotatable bonds is 5. The smallest absolute Gasteiger partial charge is 0.417 e. The van der Waals surface area contributed by atoms with E-state index in [-0.39, 0.29) is 17.9 Å². The third-order valence-corrected chi connectivity index (χ3v) is 4.69. The SMILES string of the molecule is O=C(NC[C@@H]1CCCO1)c1ccc2cc(Oc3ccc(C(F)(F)F)cn3)ccc2n1. The molecule has 1 aromatic carbocycles. The first kappa shape index (κ1) is 20.1. The van der Waals surface area contributed by atoms with Crippen LogP contribution < -0.4 is 10.1 Å². The van der Waals surface area contributed by atoms with Gasteiger partial charge in [0.25, 0.3) is 5.91 Å². The number of carbonyl (C=O) groups is 1. The fourth-order valence-electron chi connectivity index (χ4n) is 3.13. The summed E-state index contributed by atoms with van der Waals surface area (Å²) in [4.78, 5) is 20.4. The number of carbonyl (C=O) groups excluding carboxylic acids is 1. The van der Waals surface area contributed by atoms with E-state index in [1.54, 1.807) is 30.3 Å². The van der Waals surface area contributed by atoms with Gasteiger partial charge in [0.2, 0.25) is 5.88 Å². The lowest BCUT2D eigenvalue weighted by molar-refractivity contribution is -0.137. The number of pyridine rings is 2. The zero-order valence-electron chi connectivity index (χ0n) is 15.8. The molecule has 3 heterocycles. The molecule has 0 spiro atoms. The minimum atomic E-state index is -4.45. The van der Waals surface area contributed by atoms with Crippen molar-refractivity contribution in [3.05, 3.63) is 59.9 Å². The molecule has 0 radical (unpaired) electrons. The van der Waals surface area contributed by atoms with Crippen LogP contribution in [0.4, 0.5) is 13.2 Å². The van der Waals surface area contributed by atoms with E-state index < -0.39 is 11.7 Å². The Bertz CT molecular complexity index is 1050. The lowest BCUT2D eigenvalue weighted by atomic mass is 10.2. The van der Waals surface area contributed by atoms with Gasteiger partial charge in [-0.3, -0.25) is 4.79 Å². The lowest BCUT2D eigenvalue weighted by Gasteiger charge is -2.11. The van der Waals surface area contributed by atoms with Crippen molar-refractivity contribution in [2.24, 2.45) is 0 Å². The first-order valence-corrected chi connectivity index (χ1v) is 9.40. The third kappa shape index (κ3) is 4.68. The van der Waals surface area contributed by atoms with Crippen LogP contribution in [0.5, 0.6) is 11.6 Å². The Kier molecular flexibility index (Phi) is 5.54. The van der Waals surface area contributed by atoms with E-state index >= 15 is 0 Å².